The molecular weight excluding hydrogens is 456 g/mol. The van der Waals surface area contributed by atoms with Crippen molar-refractivity contribution in [3.05, 3.63) is 47.5 Å². The predicted molar refractivity (Wildman–Crippen MR) is 110 cm³/mol. The summed E-state index contributed by atoms with van der Waals surface area (Å²) in [5.74, 6) is -3.01. The van der Waals surface area contributed by atoms with Crippen LogP contribution >= 0.6 is 0 Å². The lowest BCUT2D eigenvalue weighted by Crippen LogP contribution is -2.61. The Kier molecular flexibility index (Phi) is 6.34. The van der Waals surface area contributed by atoms with E-state index in [1.54, 1.807) is 24.3 Å². The van der Waals surface area contributed by atoms with Gasteiger partial charge in [0.1, 0.15) is 46.9 Å². The van der Waals surface area contributed by atoms with E-state index in [4.69, 9.17) is 18.9 Å². The molecule has 182 valence electrons. The lowest BCUT2D eigenvalue weighted by atomic mass is 9.92. The number of phenols is 2. The van der Waals surface area contributed by atoms with Crippen molar-refractivity contribution in [3.63, 3.8) is 0 Å². The Balaban J connectivity index is 1.73. The number of fused-ring (bicyclic) bond motifs is 1. The first-order valence-electron chi connectivity index (χ1n) is 10.1. The third kappa shape index (κ3) is 4.13. The fourth-order valence-electron chi connectivity index (χ4n) is 3.88. The number of aliphatic hydroxyl groups excluding tert-OH is 3. The van der Waals surface area contributed by atoms with Crippen LogP contribution in [0, 0.1) is 0 Å². The predicted octanol–water partition coefficient (Wildman–Crippen LogP) is -0.300. The number of rotatable bonds is 5. The molecule has 0 saturated carbocycles. The molecule has 34 heavy (non-hydrogen) atoms. The fourth-order valence-corrected chi connectivity index (χ4v) is 3.88. The number of hydrogen-bond donors (Lipinski definition) is 6. The summed E-state index contributed by atoms with van der Waals surface area (Å²) in [5, 5.41) is 59.6. The Morgan fingerprint density at radius 2 is 1.68 bits per heavy atom. The average Bonchev–Trinajstić information content (AvgIpc) is 2.80. The molecule has 4 rings (SSSR count). The number of Topliss-reactive ketones (excluding diaryl/α,β-unsaturated/α-hetero) is 1. The van der Waals surface area contributed by atoms with Gasteiger partial charge < -0.3 is 49.6 Å². The Morgan fingerprint density at radius 1 is 1.00 bits per heavy atom. The highest BCUT2D eigenvalue weighted by Crippen LogP contribution is 2.43. The molecule has 2 aromatic carbocycles. The second kappa shape index (κ2) is 9.08. The molecule has 7 atom stereocenters. The second-order valence-electron chi connectivity index (χ2n) is 7.81. The quantitative estimate of drug-likeness (QED) is 0.329. The molecule has 12 nitrogen and oxygen atoms in total. The summed E-state index contributed by atoms with van der Waals surface area (Å²) >= 11 is 0. The molecule has 12 heteroatoms. The zero-order valence-electron chi connectivity index (χ0n) is 17.6. The molecule has 2 aromatic rings. The van der Waals surface area contributed by atoms with Gasteiger partial charge in [0.25, 0.3) is 0 Å². The first kappa shape index (κ1) is 23.7. The van der Waals surface area contributed by atoms with Gasteiger partial charge in [0.05, 0.1) is 7.11 Å². The van der Waals surface area contributed by atoms with Crippen LogP contribution in [0.1, 0.15) is 22.0 Å². The molecule has 0 bridgehead atoms. The maximum Gasteiger partial charge on any atom is 0.335 e. The number of hydrogen-bond acceptors (Lipinski definition) is 11. The van der Waals surface area contributed by atoms with E-state index < -0.39 is 60.4 Å². The Morgan fingerprint density at radius 3 is 2.29 bits per heavy atom. The minimum Gasteiger partial charge on any atom is -0.508 e. The highest BCUT2D eigenvalue weighted by molar-refractivity contribution is 6.05. The summed E-state index contributed by atoms with van der Waals surface area (Å²) in [6.07, 6.45) is -12.4. The number of ether oxygens (including phenoxy) is 4. The molecule has 0 unspecified atom stereocenters. The van der Waals surface area contributed by atoms with Crippen molar-refractivity contribution in [1.82, 2.24) is 0 Å². The number of carboxylic acid groups (broad SMARTS) is 1. The molecule has 0 amide bonds. The maximum atomic E-state index is 13.4. The molecule has 0 aliphatic carbocycles. The van der Waals surface area contributed by atoms with E-state index in [1.807, 2.05) is 0 Å². The van der Waals surface area contributed by atoms with Crippen LogP contribution in [0.2, 0.25) is 0 Å². The van der Waals surface area contributed by atoms with Gasteiger partial charge in [-0.05, 0) is 17.7 Å². The normalized spacial score (nSPS) is 30.8. The summed E-state index contributed by atoms with van der Waals surface area (Å²) in [6.45, 7) is 0. The van der Waals surface area contributed by atoms with Crippen LogP contribution in [0.3, 0.4) is 0 Å². The summed E-state index contributed by atoms with van der Waals surface area (Å²) in [4.78, 5) is 24.8. The fraction of sp³-hybridized carbons (Fsp3) is 0.364. The van der Waals surface area contributed by atoms with Crippen LogP contribution in [-0.4, -0.2) is 86.3 Å². The van der Waals surface area contributed by atoms with Crippen molar-refractivity contribution in [3.8, 4) is 23.0 Å². The monoisotopic (exact) mass is 478 g/mol. The summed E-state index contributed by atoms with van der Waals surface area (Å²) in [7, 11) is 1.46. The van der Waals surface area contributed by atoms with Crippen molar-refractivity contribution in [1.29, 1.82) is 0 Å². The summed E-state index contributed by atoms with van der Waals surface area (Å²) in [5.41, 5.74) is 0.0847. The number of aliphatic carboxylic acids is 1. The first-order chi connectivity index (χ1) is 16.1. The van der Waals surface area contributed by atoms with E-state index >= 15 is 0 Å². The number of carbonyl (C=O) groups is 2. The molecule has 0 spiro atoms. The summed E-state index contributed by atoms with van der Waals surface area (Å²) in [6, 6.07) is 8.36. The first-order valence-corrected chi connectivity index (χ1v) is 10.1. The van der Waals surface area contributed by atoms with Crippen LogP contribution in [0.25, 0.3) is 0 Å². The van der Waals surface area contributed by atoms with Crippen molar-refractivity contribution in [2.75, 3.05) is 7.11 Å². The van der Waals surface area contributed by atoms with Gasteiger partial charge in [0, 0.05) is 12.1 Å². The standard InChI is InChI=1S/C22H22O12/c1-31-10-4-2-8(3-5-10)18-19(14(25)13-11(24)6-9(23)7-12(13)32-18)33-22-17(28)15(26)16(27)20(34-22)21(29)30/h2-7,15-20,22-24,26-28H,1H3,(H,29,30)/t15-,16-,17+,18+,19+,20-,22+/m1/s1. The van der Waals surface area contributed by atoms with Gasteiger partial charge in [-0.25, -0.2) is 4.79 Å². The second-order valence-corrected chi connectivity index (χ2v) is 7.81. The van der Waals surface area contributed by atoms with Crippen molar-refractivity contribution < 1.29 is 59.2 Å². The van der Waals surface area contributed by atoms with Gasteiger partial charge in [-0.15, -0.1) is 0 Å². The third-order valence-corrected chi connectivity index (χ3v) is 5.64. The van der Waals surface area contributed by atoms with Crippen LogP contribution in [0.4, 0.5) is 0 Å². The van der Waals surface area contributed by atoms with E-state index in [0.717, 1.165) is 12.1 Å². The van der Waals surface area contributed by atoms with Gasteiger partial charge in [-0.3, -0.25) is 4.79 Å². The number of aromatic hydroxyl groups is 2. The van der Waals surface area contributed by atoms with Crippen molar-refractivity contribution in [2.24, 2.45) is 0 Å². The van der Waals surface area contributed by atoms with Crippen LogP contribution < -0.4 is 9.47 Å². The lowest BCUT2D eigenvalue weighted by Gasteiger charge is -2.41. The molecule has 1 fully saturated rings. The molecule has 6 N–H and O–H groups in total. The van der Waals surface area contributed by atoms with Crippen molar-refractivity contribution in [2.45, 2.75) is 42.9 Å². The highest BCUT2D eigenvalue weighted by atomic mass is 16.7. The number of carboxylic acids is 1. The van der Waals surface area contributed by atoms with Gasteiger partial charge in [0.15, 0.2) is 24.6 Å². The number of benzene rings is 2. The maximum absolute atomic E-state index is 13.4. The van der Waals surface area contributed by atoms with E-state index in [1.165, 1.54) is 7.11 Å². The van der Waals surface area contributed by atoms with Gasteiger partial charge in [-0.1, -0.05) is 12.1 Å². The molecule has 0 radical (unpaired) electrons. The van der Waals surface area contributed by atoms with E-state index in [9.17, 15) is 40.2 Å². The van der Waals surface area contributed by atoms with Gasteiger partial charge in [-0.2, -0.15) is 0 Å². The van der Waals surface area contributed by atoms with E-state index in [0.29, 0.717) is 11.3 Å². The highest BCUT2D eigenvalue weighted by Gasteiger charge is 2.51. The smallest absolute Gasteiger partial charge is 0.335 e. The molecular formula is C22H22O12. The number of phenolic OH excluding ortho intramolecular Hbond substituents is 2. The van der Waals surface area contributed by atoms with Crippen molar-refractivity contribution >= 4 is 11.8 Å². The topological polar surface area (TPSA) is 192 Å². The average molecular weight is 478 g/mol. The largest absolute Gasteiger partial charge is 0.508 e. The lowest BCUT2D eigenvalue weighted by molar-refractivity contribution is -0.304. The number of carbonyl (C=O) groups excluding carboxylic acids is 1. The number of aliphatic hydroxyl groups is 3. The van der Waals surface area contributed by atoms with E-state index in [2.05, 4.69) is 0 Å². The Hall–Kier alpha value is -3.42. The van der Waals surface area contributed by atoms with Crippen LogP contribution in [0.5, 0.6) is 23.0 Å². The zero-order valence-corrected chi connectivity index (χ0v) is 17.6. The minimum absolute atomic E-state index is 0.132. The van der Waals surface area contributed by atoms with Crippen LogP contribution in [-0.2, 0) is 14.3 Å². The molecule has 2 aliphatic heterocycles. The van der Waals surface area contributed by atoms with Gasteiger partial charge in [0.2, 0.25) is 5.78 Å². The summed E-state index contributed by atoms with van der Waals surface area (Å²) < 4.78 is 21.8. The third-order valence-electron chi connectivity index (χ3n) is 5.64. The SMILES string of the molecule is COc1ccc([C@@H]2Oc3cc(O)cc(O)c3C(=O)[C@@H]2O[C@H]2O[C@@H](C(=O)O)[C@H](O)[C@@H](O)[C@@H]2O)cc1. The van der Waals surface area contributed by atoms with E-state index in [-0.39, 0.29) is 17.1 Å². The van der Waals surface area contributed by atoms with Crippen LogP contribution in [0.15, 0.2) is 36.4 Å². The number of ketones is 1. The minimum atomic E-state index is -1.95. The van der Waals surface area contributed by atoms with Gasteiger partial charge >= 0.3 is 5.97 Å². The molecule has 0 aromatic heterocycles. The molecule has 2 heterocycles. The Labute approximate surface area is 192 Å². The molecule has 2 aliphatic rings. The number of methoxy groups -OCH3 is 1. The molecule has 1 saturated heterocycles. The zero-order chi connectivity index (χ0) is 24.7. The Bertz CT molecular complexity index is 1080.